The van der Waals surface area contributed by atoms with Gasteiger partial charge in [-0.05, 0) is 39.7 Å². The number of hydrogen-bond acceptors (Lipinski definition) is 3. The predicted octanol–water partition coefficient (Wildman–Crippen LogP) is 2.54. The summed E-state index contributed by atoms with van der Waals surface area (Å²) in [5, 5.41) is 9.77. The van der Waals surface area contributed by atoms with Gasteiger partial charge in [-0.15, -0.1) is 0 Å². The molecule has 1 heterocycles. The highest BCUT2D eigenvalue weighted by Gasteiger charge is 2.13. The largest absolute Gasteiger partial charge is 0.346 e. The predicted molar refractivity (Wildman–Crippen MR) is 81.9 cm³/mol. The van der Waals surface area contributed by atoms with Crippen molar-refractivity contribution in [1.29, 1.82) is 0 Å². The van der Waals surface area contributed by atoms with Crippen molar-refractivity contribution >= 4 is 5.91 Å². The zero-order valence-electron chi connectivity index (χ0n) is 13.0. The van der Waals surface area contributed by atoms with E-state index in [9.17, 15) is 4.79 Å². The Morgan fingerprint density at radius 3 is 2.48 bits per heavy atom. The van der Waals surface area contributed by atoms with Crippen LogP contribution in [0.1, 0.15) is 47.7 Å². The summed E-state index contributed by atoms with van der Waals surface area (Å²) in [4.78, 5) is 16.2. The van der Waals surface area contributed by atoms with Gasteiger partial charge in [0.15, 0.2) is 5.82 Å². The van der Waals surface area contributed by atoms with Crippen LogP contribution in [0.3, 0.4) is 0 Å². The number of nitrogens with zero attached hydrogens (tertiary/aromatic N) is 2. The molecule has 1 unspecified atom stereocenters. The van der Waals surface area contributed by atoms with Crippen molar-refractivity contribution in [3.8, 4) is 0 Å². The SMILES string of the molecule is Cc1cc(C)cc(CCC(=O)NC(C)c2n[nH]c(C)n2)c1. The van der Waals surface area contributed by atoms with Crippen molar-refractivity contribution in [3.05, 3.63) is 46.5 Å². The number of nitrogens with one attached hydrogen (secondary N) is 2. The zero-order chi connectivity index (χ0) is 15.4. The lowest BCUT2D eigenvalue weighted by Crippen LogP contribution is -2.27. The molecule has 0 aliphatic heterocycles. The van der Waals surface area contributed by atoms with Gasteiger partial charge >= 0.3 is 0 Å². The zero-order valence-corrected chi connectivity index (χ0v) is 13.0. The number of carbonyl (C=O) groups is 1. The molecule has 1 amide bonds. The first-order valence-electron chi connectivity index (χ1n) is 7.19. The van der Waals surface area contributed by atoms with E-state index in [1.807, 2.05) is 13.8 Å². The first kappa shape index (κ1) is 15.2. The van der Waals surface area contributed by atoms with Gasteiger partial charge in [0, 0.05) is 6.42 Å². The lowest BCUT2D eigenvalue weighted by Gasteiger charge is -2.11. The van der Waals surface area contributed by atoms with E-state index in [4.69, 9.17) is 0 Å². The molecule has 1 atom stereocenters. The van der Waals surface area contributed by atoms with Gasteiger partial charge < -0.3 is 5.32 Å². The maximum absolute atomic E-state index is 12.0. The van der Waals surface area contributed by atoms with Crippen LogP contribution < -0.4 is 5.32 Å². The Hall–Kier alpha value is -2.17. The minimum atomic E-state index is -0.179. The summed E-state index contributed by atoms with van der Waals surface area (Å²) in [6.45, 7) is 7.87. The Balaban J connectivity index is 1.87. The van der Waals surface area contributed by atoms with Gasteiger partial charge in [0.05, 0.1) is 6.04 Å². The number of rotatable bonds is 5. The van der Waals surface area contributed by atoms with E-state index in [2.05, 4.69) is 52.5 Å². The average Bonchev–Trinajstić information content (AvgIpc) is 2.82. The molecule has 5 nitrogen and oxygen atoms in total. The number of amides is 1. The van der Waals surface area contributed by atoms with Crippen LogP contribution in [0.25, 0.3) is 0 Å². The van der Waals surface area contributed by atoms with Gasteiger partial charge in [0.1, 0.15) is 5.82 Å². The Bertz CT molecular complexity index is 613. The number of H-pyrrole nitrogens is 1. The Morgan fingerprint density at radius 1 is 1.24 bits per heavy atom. The molecule has 2 rings (SSSR count). The third kappa shape index (κ3) is 4.41. The molecule has 0 aliphatic rings. The molecule has 0 saturated carbocycles. The summed E-state index contributed by atoms with van der Waals surface area (Å²) in [5.74, 6) is 1.39. The lowest BCUT2D eigenvalue weighted by atomic mass is 10.0. The van der Waals surface area contributed by atoms with Gasteiger partial charge in [-0.1, -0.05) is 29.3 Å². The number of aromatic amines is 1. The molecule has 0 fully saturated rings. The average molecular weight is 286 g/mol. The van der Waals surface area contributed by atoms with Crippen LogP contribution in [0.5, 0.6) is 0 Å². The van der Waals surface area contributed by atoms with E-state index in [0.717, 1.165) is 12.2 Å². The molecule has 112 valence electrons. The summed E-state index contributed by atoms with van der Waals surface area (Å²) < 4.78 is 0. The van der Waals surface area contributed by atoms with Crippen molar-refractivity contribution in [2.75, 3.05) is 0 Å². The van der Waals surface area contributed by atoms with Crippen molar-refractivity contribution in [2.24, 2.45) is 0 Å². The van der Waals surface area contributed by atoms with Crippen LogP contribution in [0.2, 0.25) is 0 Å². The highest BCUT2D eigenvalue weighted by molar-refractivity contribution is 5.76. The molecule has 1 aromatic heterocycles. The van der Waals surface area contributed by atoms with Gasteiger partial charge in [-0.3, -0.25) is 9.89 Å². The number of aryl methyl sites for hydroxylation is 4. The molecule has 0 aliphatic carbocycles. The fraction of sp³-hybridized carbons (Fsp3) is 0.438. The molecular weight excluding hydrogens is 264 g/mol. The fourth-order valence-electron chi connectivity index (χ4n) is 2.40. The Morgan fingerprint density at radius 2 is 1.90 bits per heavy atom. The van der Waals surface area contributed by atoms with Crippen molar-refractivity contribution in [1.82, 2.24) is 20.5 Å². The van der Waals surface area contributed by atoms with Crippen LogP contribution in [0, 0.1) is 20.8 Å². The molecule has 21 heavy (non-hydrogen) atoms. The molecular formula is C16H22N4O. The third-order valence-electron chi connectivity index (χ3n) is 3.30. The second kappa shape index (κ2) is 6.52. The summed E-state index contributed by atoms with van der Waals surface area (Å²) in [6, 6.07) is 6.21. The number of carbonyl (C=O) groups excluding carboxylic acids is 1. The normalized spacial score (nSPS) is 12.2. The van der Waals surface area contributed by atoms with Gasteiger partial charge in [0.25, 0.3) is 0 Å². The molecule has 2 N–H and O–H groups in total. The quantitative estimate of drug-likeness (QED) is 0.887. The van der Waals surface area contributed by atoms with Crippen molar-refractivity contribution in [3.63, 3.8) is 0 Å². The Kier molecular flexibility index (Phi) is 4.73. The molecule has 0 spiro atoms. The van der Waals surface area contributed by atoms with E-state index in [-0.39, 0.29) is 11.9 Å². The Labute approximate surface area is 125 Å². The second-order valence-corrected chi connectivity index (χ2v) is 5.56. The van der Waals surface area contributed by atoms with Crippen LogP contribution in [-0.4, -0.2) is 21.1 Å². The highest BCUT2D eigenvalue weighted by atomic mass is 16.1. The molecule has 5 heteroatoms. The summed E-state index contributed by atoms with van der Waals surface area (Å²) in [7, 11) is 0. The van der Waals surface area contributed by atoms with E-state index < -0.39 is 0 Å². The van der Waals surface area contributed by atoms with Gasteiger partial charge in [-0.2, -0.15) is 5.10 Å². The van der Waals surface area contributed by atoms with Crippen LogP contribution >= 0.6 is 0 Å². The van der Waals surface area contributed by atoms with Crippen molar-refractivity contribution < 1.29 is 4.79 Å². The number of aromatic nitrogens is 3. The number of hydrogen-bond donors (Lipinski definition) is 2. The second-order valence-electron chi connectivity index (χ2n) is 5.56. The fourth-order valence-corrected chi connectivity index (χ4v) is 2.40. The van der Waals surface area contributed by atoms with Crippen LogP contribution in [0.4, 0.5) is 0 Å². The molecule has 0 saturated heterocycles. The first-order valence-corrected chi connectivity index (χ1v) is 7.19. The number of benzene rings is 1. The monoisotopic (exact) mass is 286 g/mol. The van der Waals surface area contributed by atoms with Crippen LogP contribution in [-0.2, 0) is 11.2 Å². The van der Waals surface area contributed by atoms with Gasteiger partial charge in [-0.25, -0.2) is 4.98 Å². The summed E-state index contributed by atoms with van der Waals surface area (Å²) in [5.41, 5.74) is 3.66. The molecule has 1 aromatic carbocycles. The van der Waals surface area contributed by atoms with E-state index in [1.165, 1.54) is 16.7 Å². The van der Waals surface area contributed by atoms with Crippen LogP contribution in [0.15, 0.2) is 18.2 Å². The first-order chi connectivity index (χ1) is 9.94. The molecule has 0 bridgehead atoms. The van der Waals surface area contributed by atoms with E-state index in [0.29, 0.717) is 12.2 Å². The maximum Gasteiger partial charge on any atom is 0.220 e. The summed E-state index contributed by atoms with van der Waals surface area (Å²) in [6.07, 6.45) is 1.21. The summed E-state index contributed by atoms with van der Waals surface area (Å²) >= 11 is 0. The lowest BCUT2D eigenvalue weighted by molar-refractivity contribution is -0.121. The van der Waals surface area contributed by atoms with E-state index >= 15 is 0 Å². The van der Waals surface area contributed by atoms with Crippen molar-refractivity contribution in [2.45, 2.75) is 46.6 Å². The minimum absolute atomic E-state index is 0.0177. The topological polar surface area (TPSA) is 70.7 Å². The maximum atomic E-state index is 12.0. The smallest absolute Gasteiger partial charge is 0.220 e. The highest BCUT2D eigenvalue weighted by Crippen LogP contribution is 2.11. The van der Waals surface area contributed by atoms with Gasteiger partial charge in [0.2, 0.25) is 5.91 Å². The molecule has 0 radical (unpaired) electrons. The van der Waals surface area contributed by atoms with E-state index in [1.54, 1.807) is 0 Å². The minimum Gasteiger partial charge on any atom is -0.346 e. The molecule has 2 aromatic rings. The standard InChI is InChI=1S/C16H22N4O/c1-10-7-11(2)9-14(8-10)5-6-15(21)17-12(3)16-18-13(4)19-20-16/h7-9,12H,5-6H2,1-4H3,(H,17,21)(H,18,19,20). The third-order valence-corrected chi connectivity index (χ3v) is 3.30.